The van der Waals surface area contributed by atoms with Gasteiger partial charge in [0.15, 0.2) is 0 Å². The Morgan fingerprint density at radius 1 is 1.17 bits per heavy atom. The van der Waals surface area contributed by atoms with Crippen molar-refractivity contribution in [3.8, 4) is 11.3 Å². The van der Waals surface area contributed by atoms with E-state index in [0.717, 1.165) is 5.56 Å². The first-order chi connectivity index (χ1) is 11.6. The highest BCUT2D eigenvalue weighted by Crippen LogP contribution is 2.18. The van der Waals surface area contributed by atoms with Crippen LogP contribution in [0.1, 0.15) is 22.2 Å². The number of amides is 1. The van der Waals surface area contributed by atoms with E-state index in [9.17, 15) is 14.3 Å². The van der Waals surface area contributed by atoms with E-state index in [2.05, 4.69) is 15.5 Å². The highest BCUT2D eigenvalue weighted by Gasteiger charge is 2.13. The van der Waals surface area contributed by atoms with Crippen LogP contribution < -0.4 is 5.32 Å². The molecule has 0 aliphatic rings. The molecule has 0 fully saturated rings. The maximum atomic E-state index is 12.9. The average molecular weight is 325 g/mol. The van der Waals surface area contributed by atoms with Gasteiger partial charge >= 0.3 is 0 Å². The predicted octanol–water partition coefficient (Wildman–Crippen LogP) is 2.68. The number of hydrogen-bond donors (Lipinski definition) is 3. The molecule has 0 saturated heterocycles. The van der Waals surface area contributed by atoms with Crippen LogP contribution in [0, 0.1) is 5.82 Å². The van der Waals surface area contributed by atoms with Crippen molar-refractivity contribution in [2.75, 3.05) is 6.54 Å². The van der Waals surface area contributed by atoms with E-state index in [0.29, 0.717) is 11.3 Å². The van der Waals surface area contributed by atoms with Crippen molar-refractivity contribution >= 4 is 5.91 Å². The van der Waals surface area contributed by atoms with Crippen LogP contribution in [0.3, 0.4) is 0 Å². The minimum absolute atomic E-state index is 0.0910. The van der Waals surface area contributed by atoms with E-state index in [1.807, 2.05) is 18.2 Å². The second-order valence-corrected chi connectivity index (χ2v) is 5.31. The molecule has 6 heteroatoms. The molecular weight excluding hydrogens is 309 g/mol. The van der Waals surface area contributed by atoms with Crippen molar-refractivity contribution < 1.29 is 14.3 Å². The van der Waals surface area contributed by atoms with Crippen molar-refractivity contribution in [3.63, 3.8) is 0 Å². The number of rotatable bonds is 5. The number of halogens is 1. The number of carbonyl (C=O) groups is 1. The lowest BCUT2D eigenvalue weighted by atomic mass is 10.1. The number of H-pyrrole nitrogens is 1. The minimum Gasteiger partial charge on any atom is -0.387 e. The average Bonchev–Trinajstić information content (AvgIpc) is 3.11. The molecule has 122 valence electrons. The molecular formula is C18H16FN3O2. The number of benzene rings is 2. The van der Waals surface area contributed by atoms with Gasteiger partial charge in [0.2, 0.25) is 0 Å². The molecule has 3 aromatic rings. The number of aliphatic hydroxyl groups is 1. The molecule has 0 aliphatic heterocycles. The van der Waals surface area contributed by atoms with E-state index in [1.54, 1.807) is 30.3 Å². The molecule has 3 N–H and O–H groups in total. The molecule has 2 aromatic carbocycles. The SMILES string of the molecule is O=C(NCC(O)c1ccccc1)c1cc(-c2ccc(F)cc2)n[nH]1. The molecule has 5 nitrogen and oxygen atoms in total. The molecule has 1 atom stereocenters. The zero-order valence-electron chi connectivity index (χ0n) is 12.7. The zero-order valence-corrected chi connectivity index (χ0v) is 12.7. The fourth-order valence-corrected chi connectivity index (χ4v) is 2.28. The van der Waals surface area contributed by atoms with Gasteiger partial charge in [-0.1, -0.05) is 30.3 Å². The molecule has 0 saturated carbocycles. The van der Waals surface area contributed by atoms with Gasteiger partial charge < -0.3 is 10.4 Å². The van der Waals surface area contributed by atoms with Crippen molar-refractivity contribution in [2.45, 2.75) is 6.10 Å². The number of hydrogen-bond acceptors (Lipinski definition) is 3. The summed E-state index contributed by atoms with van der Waals surface area (Å²) in [5.74, 6) is -0.701. The topological polar surface area (TPSA) is 78.0 Å². The van der Waals surface area contributed by atoms with Crippen molar-refractivity contribution in [1.82, 2.24) is 15.5 Å². The summed E-state index contributed by atoms with van der Waals surface area (Å²) >= 11 is 0. The zero-order chi connectivity index (χ0) is 16.9. The van der Waals surface area contributed by atoms with Gasteiger partial charge in [-0.05, 0) is 35.9 Å². The summed E-state index contributed by atoms with van der Waals surface area (Å²) in [5.41, 5.74) is 2.25. The van der Waals surface area contributed by atoms with Crippen LogP contribution in [0.15, 0.2) is 60.7 Å². The Bertz CT molecular complexity index is 816. The second kappa shape index (κ2) is 7.06. The summed E-state index contributed by atoms with van der Waals surface area (Å²) in [7, 11) is 0. The highest BCUT2D eigenvalue weighted by molar-refractivity contribution is 5.93. The van der Waals surface area contributed by atoms with Gasteiger partial charge in [0, 0.05) is 12.1 Å². The Hall–Kier alpha value is -2.99. The van der Waals surface area contributed by atoms with Crippen LogP contribution in [0.2, 0.25) is 0 Å². The van der Waals surface area contributed by atoms with Crippen LogP contribution in [-0.4, -0.2) is 27.8 Å². The molecule has 1 amide bonds. The quantitative estimate of drug-likeness (QED) is 0.675. The normalized spacial score (nSPS) is 11.9. The van der Waals surface area contributed by atoms with Gasteiger partial charge in [0.1, 0.15) is 11.5 Å². The van der Waals surface area contributed by atoms with Gasteiger partial charge in [-0.15, -0.1) is 0 Å². The fraction of sp³-hybridized carbons (Fsp3) is 0.111. The van der Waals surface area contributed by atoms with E-state index < -0.39 is 6.10 Å². The maximum Gasteiger partial charge on any atom is 0.269 e. The number of carbonyl (C=O) groups excluding carboxylic acids is 1. The number of nitrogens with zero attached hydrogens (tertiary/aromatic N) is 1. The van der Waals surface area contributed by atoms with E-state index in [1.165, 1.54) is 12.1 Å². The van der Waals surface area contributed by atoms with E-state index >= 15 is 0 Å². The highest BCUT2D eigenvalue weighted by atomic mass is 19.1. The van der Waals surface area contributed by atoms with Gasteiger partial charge in [-0.2, -0.15) is 5.10 Å². The first kappa shape index (κ1) is 15.9. The minimum atomic E-state index is -0.783. The molecule has 24 heavy (non-hydrogen) atoms. The van der Waals surface area contributed by atoms with Gasteiger partial charge in [-0.3, -0.25) is 9.89 Å². The first-order valence-corrected chi connectivity index (χ1v) is 7.46. The molecule has 1 unspecified atom stereocenters. The van der Waals surface area contributed by atoms with Crippen LogP contribution >= 0.6 is 0 Å². The molecule has 1 heterocycles. The van der Waals surface area contributed by atoms with Crippen LogP contribution in [0.5, 0.6) is 0 Å². The number of nitrogens with one attached hydrogen (secondary N) is 2. The van der Waals surface area contributed by atoms with Gasteiger partial charge in [-0.25, -0.2) is 4.39 Å². The molecule has 1 aromatic heterocycles. The van der Waals surface area contributed by atoms with E-state index in [4.69, 9.17) is 0 Å². The third-order valence-corrected chi connectivity index (χ3v) is 3.60. The lowest BCUT2D eigenvalue weighted by Gasteiger charge is -2.11. The van der Waals surface area contributed by atoms with Gasteiger partial charge in [0.05, 0.1) is 11.8 Å². The summed E-state index contributed by atoms with van der Waals surface area (Å²) in [6.45, 7) is 0.0910. The molecule has 0 radical (unpaired) electrons. The standard InChI is InChI=1S/C18H16FN3O2/c19-14-8-6-12(7-9-14)15-10-16(22-21-15)18(24)20-11-17(23)13-4-2-1-3-5-13/h1-10,17,23H,11H2,(H,20,24)(H,21,22). The van der Waals surface area contributed by atoms with Crippen LogP contribution in [-0.2, 0) is 0 Å². The Kier molecular flexibility index (Phi) is 4.67. The molecule has 0 bridgehead atoms. The third-order valence-electron chi connectivity index (χ3n) is 3.60. The van der Waals surface area contributed by atoms with Crippen LogP contribution in [0.25, 0.3) is 11.3 Å². The van der Waals surface area contributed by atoms with Crippen molar-refractivity contribution in [1.29, 1.82) is 0 Å². The monoisotopic (exact) mass is 325 g/mol. The largest absolute Gasteiger partial charge is 0.387 e. The van der Waals surface area contributed by atoms with Gasteiger partial charge in [0.25, 0.3) is 5.91 Å². The van der Waals surface area contributed by atoms with E-state index in [-0.39, 0.29) is 24.0 Å². The lowest BCUT2D eigenvalue weighted by Crippen LogP contribution is -2.28. The summed E-state index contributed by atoms with van der Waals surface area (Å²) in [4.78, 5) is 12.1. The Labute approximate surface area is 138 Å². The second-order valence-electron chi connectivity index (χ2n) is 5.31. The molecule has 3 rings (SSSR count). The Morgan fingerprint density at radius 2 is 1.88 bits per heavy atom. The number of aromatic nitrogens is 2. The summed E-state index contributed by atoms with van der Waals surface area (Å²) < 4.78 is 12.9. The molecule has 0 spiro atoms. The summed E-state index contributed by atoms with van der Waals surface area (Å²) in [6, 6.07) is 16.5. The first-order valence-electron chi connectivity index (χ1n) is 7.46. The summed E-state index contributed by atoms with van der Waals surface area (Å²) in [5, 5.41) is 19.4. The Morgan fingerprint density at radius 3 is 2.58 bits per heavy atom. The lowest BCUT2D eigenvalue weighted by molar-refractivity contribution is 0.0911. The number of aliphatic hydroxyl groups excluding tert-OH is 1. The molecule has 0 aliphatic carbocycles. The fourth-order valence-electron chi connectivity index (χ4n) is 2.28. The summed E-state index contributed by atoms with van der Waals surface area (Å²) in [6.07, 6.45) is -0.783. The smallest absolute Gasteiger partial charge is 0.269 e. The number of aromatic amines is 1. The maximum absolute atomic E-state index is 12.9. The van der Waals surface area contributed by atoms with Crippen molar-refractivity contribution in [2.24, 2.45) is 0 Å². The Balaban J connectivity index is 1.63. The van der Waals surface area contributed by atoms with Crippen molar-refractivity contribution in [3.05, 3.63) is 77.7 Å². The third kappa shape index (κ3) is 3.67. The predicted molar refractivity (Wildman–Crippen MR) is 87.7 cm³/mol. The van der Waals surface area contributed by atoms with Crippen LogP contribution in [0.4, 0.5) is 4.39 Å².